The summed E-state index contributed by atoms with van der Waals surface area (Å²) in [6, 6.07) is 10.3. The number of carbonyl (C=O) groups excluding carboxylic acids is 2. The highest BCUT2D eigenvalue weighted by Gasteiger charge is 2.45. The highest BCUT2D eigenvalue weighted by molar-refractivity contribution is 6.33. The molecular formula is C24H23Cl2F3NO3-. The van der Waals surface area contributed by atoms with E-state index in [0.717, 1.165) is 26.2 Å². The lowest BCUT2D eigenvalue weighted by atomic mass is 9.73. The molecule has 1 fully saturated rings. The molecule has 1 aliphatic rings. The fourth-order valence-electron chi connectivity index (χ4n) is 4.07. The number of aliphatic carboxylic acids is 1. The Morgan fingerprint density at radius 1 is 1.12 bits per heavy atom. The van der Waals surface area contributed by atoms with Gasteiger partial charge in [-0.3, -0.25) is 4.79 Å². The molecule has 0 radical (unpaired) electrons. The van der Waals surface area contributed by atoms with Gasteiger partial charge < -0.3 is 15.2 Å². The number of rotatable bonds is 8. The van der Waals surface area contributed by atoms with Crippen molar-refractivity contribution >= 4 is 40.8 Å². The fourth-order valence-corrected chi connectivity index (χ4v) is 4.36. The molecule has 1 aliphatic carbocycles. The number of alkyl halides is 3. The number of halogens is 5. The first kappa shape index (κ1) is 25.4. The second-order valence-corrected chi connectivity index (χ2v) is 9.33. The van der Waals surface area contributed by atoms with E-state index < -0.39 is 35.8 Å². The van der Waals surface area contributed by atoms with Gasteiger partial charge in [-0.05, 0) is 60.6 Å². The lowest BCUT2D eigenvalue weighted by Gasteiger charge is -2.34. The van der Waals surface area contributed by atoms with Gasteiger partial charge in [0.25, 0.3) is 0 Å². The molecule has 0 heterocycles. The van der Waals surface area contributed by atoms with Gasteiger partial charge in [-0.15, -0.1) is 0 Å². The number of carboxylic acid groups (broad SMARTS) is 1. The molecule has 0 aromatic heterocycles. The van der Waals surface area contributed by atoms with Crippen molar-refractivity contribution in [3.63, 3.8) is 0 Å². The highest BCUT2D eigenvalue weighted by Crippen LogP contribution is 2.39. The molecule has 0 bridgehead atoms. The number of nitrogens with one attached hydrogen (secondary N) is 1. The highest BCUT2D eigenvalue weighted by atomic mass is 35.5. The van der Waals surface area contributed by atoms with Crippen LogP contribution in [0.4, 0.5) is 18.9 Å². The van der Waals surface area contributed by atoms with E-state index in [2.05, 4.69) is 5.32 Å². The van der Waals surface area contributed by atoms with Gasteiger partial charge in [0.1, 0.15) is 0 Å². The summed E-state index contributed by atoms with van der Waals surface area (Å²) in [6.45, 7) is 0.944. The van der Waals surface area contributed by atoms with Crippen LogP contribution in [-0.2, 0) is 16.0 Å². The fraction of sp³-hybridized carbons (Fsp3) is 0.417. The summed E-state index contributed by atoms with van der Waals surface area (Å²) < 4.78 is 40.6. The van der Waals surface area contributed by atoms with Crippen LogP contribution in [0.15, 0.2) is 42.5 Å². The molecule has 9 heteroatoms. The van der Waals surface area contributed by atoms with Crippen LogP contribution in [-0.4, -0.2) is 18.1 Å². The lowest BCUT2D eigenvalue weighted by molar-refractivity contribution is -0.314. The molecule has 1 unspecified atom stereocenters. The van der Waals surface area contributed by atoms with Crippen LogP contribution < -0.4 is 10.4 Å². The number of benzene rings is 2. The summed E-state index contributed by atoms with van der Waals surface area (Å²) in [6.07, 6.45) is -1.83. The van der Waals surface area contributed by atoms with Crippen LogP contribution >= 0.6 is 23.2 Å². The molecule has 0 spiro atoms. The standard InChI is InChI=1S/C24H24Cl2F3NO3/c1-13(24(27,28)29)21(16-6-8-17(25)9-7-16)22(31)30-20-12-14(5-10-19(20)26)11-18(23(32)33)15-3-2-4-15/h5-10,12-13,15,18,21H,2-4,11H2,1H3,(H,30,31)(H,32,33)/p-1/t13-,18?,21+/m1/s1. The van der Waals surface area contributed by atoms with E-state index in [1.54, 1.807) is 6.07 Å². The van der Waals surface area contributed by atoms with E-state index in [1.807, 2.05) is 0 Å². The molecule has 0 aliphatic heterocycles. The quantitative estimate of drug-likeness (QED) is 0.511. The van der Waals surface area contributed by atoms with E-state index in [1.165, 1.54) is 36.4 Å². The maximum Gasteiger partial charge on any atom is 0.392 e. The SMILES string of the molecule is C[C@H]([C@H](C(=O)Nc1cc(CC(C(=O)[O-])C2CCC2)ccc1Cl)c1ccc(Cl)cc1)C(F)(F)F. The molecule has 3 rings (SSSR count). The third kappa shape index (κ3) is 6.21. The Morgan fingerprint density at radius 2 is 1.76 bits per heavy atom. The zero-order chi connectivity index (χ0) is 24.3. The summed E-state index contributed by atoms with van der Waals surface area (Å²) in [7, 11) is 0. The van der Waals surface area contributed by atoms with E-state index in [4.69, 9.17) is 23.2 Å². The van der Waals surface area contributed by atoms with Crippen LogP contribution in [0.2, 0.25) is 10.0 Å². The van der Waals surface area contributed by atoms with Gasteiger partial charge in [-0.2, -0.15) is 13.2 Å². The van der Waals surface area contributed by atoms with Crippen molar-refractivity contribution in [1.82, 2.24) is 0 Å². The summed E-state index contributed by atoms with van der Waals surface area (Å²) in [4.78, 5) is 24.6. The first-order valence-electron chi connectivity index (χ1n) is 10.6. The molecule has 33 heavy (non-hydrogen) atoms. The van der Waals surface area contributed by atoms with E-state index in [0.29, 0.717) is 10.6 Å². The maximum absolute atomic E-state index is 13.5. The number of carbonyl (C=O) groups is 2. The van der Waals surface area contributed by atoms with Gasteiger partial charge in [0.15, 0.2) is 0 Å². The van der Waals surface area contributed by atoms with Gasteiger partial charge in [-0.25, -0.2) is 0 Å². The largest absolute Gasteiger partial charge is 0.550 e. The Bertz CT molecular complexity index is 1010. The summed E-state index contributed by atoms with van der Waals surface area (Å²) in [5.41, 5.74) is 0.886. The Morgan fingerprint density at radius 3 is 2.27 bits per heavy atom. The minimum atomic E-state index is -4.61. The Balaban J connectivity index is 1.86. The third-order valence-electron chi connectivity index (χ3n) is 6.29. The molecule has 2 aromatic carbocycles. The predicted molar refractivity (Wildman–Crippen MR) is 119 cm³/mol. The first-order chi connectivity index (χ1) is 15.5. The van der Waals surface area contributed by atoms with Crippen molar-refractivity contribution < 1.29 is 27.9 Å². The maximum atomic E-state index is 13.5. The van der Waals surface area contributed by atoms with Gasteiger partial charge in [0, 0.05) is 16.9 Å². The molecule has 1 amide bonds. The van der Waals surface area contributed by atoms with Gasteiger partial charge in [0.2, 0.25) is 5.91 Å². The van der Waals surface area contributed by atoms with Crippen LogP contribution in [0.25, 0.3) is 0 Å². The first-order valence-corrected chi connectivity index (χ1v) is 11.3. The Kier molecular flexibility index (Phi) is 7.96. The average Bonchev–Trinajstić information content (AvgIpc) is 2.69. The van der Waals surface area contributed by atoms with Crippen LogP contribution in [0.1, 0.15) is 43.2 Å². The second-order valence-electron chi connectivity index (χ2n) is 8.48. The predicted octanol–water partition coefficient (Wildman–Crippen LogP) is 5.62. The smallest absolute Gasteiger partial charge is 0.392 e. The van der Waals surface area contributed by atoms with Crippen molar-refractivity contribution in [3.8, 4) is 0 Å². The second kappa shape index (κ2) is 10.3. The summed E-state index contributed by atoms with van der Waals surface area (Å²) >= 11 is 12.0. The van der Waals surface area contributed by atoms with Crippen LogP contribution in [0.5, 0.6) is 0 Å². The number of amides is 1. The molecule has 4 nitrogen and oxygen atoms in total. The minimum absolute atomic E-state index is 0.0330. The molecule has 178 valence electrons. The topological polar surface area (TPSA) is 69.2 Å². The number of anilines is 1. The summed E-state index contributed by atoms with van der Waals surface area (Å²) in [5.74, 6) is -6.16. The molecule has 1 saturated carbocycles. The van der Waals surface area contributed by atoms with Crippen LogP contribution in [0.3, 0.4) is 0 Å². The van der Waals surface area contributed by atoms with Crippen molar-refractivity contribution in [2.45, 2.75) is 44.7 Å². The van der Waals surface area contributed by atoms with E-state index >= 15 is 0 Å². The van der Waals surface area contributed by atoms with Crippen molar-refractivity contribution in [1.29, 1.82) is 0 Å². The number of hydrogen-bond donors (Lipinski definition) is 1. The van der Waals surface area contributed by atoms with Gasteiger partial charge in [-0.1, -0.05) is 54.7 Å². The van der Waals surface area contributed by atoms with Crippen LogP contribution in [0, 0.1) is 17.8 Å². The van der Waals surface area contributed by atoms with Crippen molar-refractivity contribution in [2.75, 3.05) is 5.32 Å². The number of hydrogen-bond acceptors (Lipinski definition) is 3. The van der Waals surface area contributed by atoms with Crippen molar-refractivity contribution in [3.05, 3.63) is 63.6 Å². The van der Waals surface area contributed by atoms with Gasteiger partial charge in [0.05, 0.1) is 22.5 Å². The third-order valence-corrected chi connectivity index (χ3v) is 6.88. The molecule has 2 aromatic rings. The summed E-state index contributed by atoms with van der Waals surface area (Å²) in [5, 5.41) is 14.6. The average molecular weight is 501 g/mol. The van der Waals surface area contributed by atoms with Gasteiger partial charge >= 0.3 is 6.18 Å². The molecule has 0 saturated heterocycles. The molecular weight excluding hydrogens is 478 g/mol. The lowest BCUT2D eigenvalue weighted by Crippen LogP contribution is -2.39. The van der Waals surface area contributed by atoms with E-state index in [-0.39, 0.29) is 28.6 Å². The number of carboxylic acids is 1. The minimum Gasteiger partial charge on any atom is -0.550 e. The zero-order valence-electron chi connectivity index (χ0n) is 17.8. The van der Waals surface area contributed by atoms with Crippen molar-refractivity contribution in [2.24, 2.45) is 17.8 Å². The van der Waals surface area contributed by atoms with E-state index in [9.17, 15) is 27.9 Å². The Labute approximate surface area is 200 Å². The zero-order valence-corrected chi connectivity index (χ0v) is 19.3. The normalized spacial score (nSPS) is 17.0. The molecule has 3 atom stereocenters. The molecule has 1 N–H and O–H groups in total. The Hall–Kier alpha value is -2.25. The monoisotopic (exact) mass is 500 g/mol.